The van der Waals surface area contributed by atoms with Gasteiger partial charge in [-0.2, -0.15) is 0 Å². The van der Waals surface area contributed by atoms with E-state index in [1.165, 1.54) is 28.2 Å². The van der Waals surface area contributed by atoms with Gasteiger partial charge in [-0.1, -0.05) is 24.3 Å². The quantitative estimate of drug-likeness (QED) is 0.424. The van der Waals surface area contributed by atoms with Crippen molar-refractivity contribution < 1.29 is 28.6 Å². The van der Waals surface area contributed by atoms with Crippen LogP contribution in [0.4, 0.5) is 32.3 Å². The second-order valence-electron chi connectivity index (χ2n) is 14.4. The van der Waals surface area contributed by atoms with E-state index in [9.17, 15) is 14.4 Å². The van der Waals surface area contributed by atoms with E-state index in [-0.39, 0.29) is 30.0 Å². The summed E-state index contributed by atoms with van der Waals surface area (Å²) in [6.45, 7) is 10.9. The summed E-state index contributed by atoms with van der Waals surface area (Å²) >= 11 is 0. The number of likely N-dealkylation sites (tertiary alicyclic amines) is 2. The Kier molecular flexibility index (Phi) is 10.3. The van der Waals surface area contributed by atoms with Gasteiger partial charge in [-0.3, -0.25) is 4.79 Å². The Morgan fingerprint density at radius 1 is 0.784 bits per heavy atom. The third kappa shape index (κ3) is 6.58. The van der Waals surface area contributed by atoms with E-state index in [4.69, 9.17) is 22.1 Å². The van der Waals surface area contributed by atoms with E-state index < -0.39 is 0 Å². The molecule has 2 aromatic rings. The molecule has 2 radical (unpaired) electrons. The van der Waals surface area contributed by atoms with Gasteiger partial charge in [-0.15, -0.1) is 0 Å². The fourth-order valence-electron chi connectivity index (χ4n) is 9.07. The molecule has 3 fully saturated rings. The van der Waals surface area contributed by atoms with Crippen LogP contribution in [0.2, 0.25) is 0 Å². The van der Waals surface area contributed by atoms with Crippen molar-refractivity contribution in [1.82, 2.24) is 9.80 Å². The maximum atomic E-state index is 12.3. The summed E-state index contributed by atoms with van der Waals surface area (Å²) in [7, 11) is 9.31. The highest BCUT2D eigenvalue weighted by molar-refractivity contribution is 6.11. The molecular weight excluding hydrogens is 647 g/mol. The van der Waals surface area contributed by atoms with Crippen LogP contribution in [0.5, 0.6) is 0 Å². The molecule has 0 saturated carbocycles. The molecule has 0 N–H and O–H groups in total. The Morgan fingerprint density at radius 2 is 1.35 bits per heavy atom. The highest BCUT2D eigenvalue weighted by Crippen LogP contribution is 2.51. The number of likely N-dealkylation sites (N-methyl/N-ethyl adjacent to an activating group) is 2. The molecule has 51 heavy (non-hydrogen) atoms. The Hall–Kier alpha value is -4.13. The molecule has 0 aromatic heterocycles. The number of para-hydroxylation sites is 2. The fourth-order valence-corrected chi connectivity index (χ4v) is 9.07. The number of nitrogens with zero attached hydrogens (tertiary/aromatic N) is 6. The summed E-state index contributed by atoms with van der Waals surface area (Å²) in [5.74, 6) is 0.796. The Morgan fingerprint density at radius 3 is 1.88 bits per heavy atom. The van der Waals surface area contributed by atoms with Gasteiger partial charge in [-0.25, -0.2) is 9.59 Å². The Bertz CT molecular complexity index is 1620. The molecule has 3 saturated heterocycles. The molecule has 9 rings (SSSR count). The van der Waals surface area contributed by atoms with Crippen molar-refractivity contribution in [1.29, 1.82) is 0 Å². The second kappa shape index (κ2) is 14.8. The lowest BCUT2D eigenvalue weighted by Crippen LogP contribution is -2.52. The van der Waals surface area contributed by atoms with Crippen molar-refractivity contribution in [3.05, 3.63) is 47.5 Å². The van der Waals surface area contributed by atoms with E-state index in [1.54, 1.807) is 9.80 Å². The molecule has 0 spiro atoms. The molecule has 7 aliphatic rings. The third-order valence-corrected chi connectivity index (χ3v) is 11.6. The van der Waals surface area contributed by atoms with Crippen molar-refractivity contribution in [2.24, 2.45) is 0 Å². The van der Waals surface area contributed by atoms with Crippen LogP contribution in [0, 0.1) is 0 Å². The lowest BCUT2D eigenvalue weighted by molar-refractivity contribution is -0.117. The molecule has 7 heterocycles. The summed E-state index contributed by atoms with van der Waals surface area (Å²) in [6.07, 6.45) is 3.69. The molecule has 7 aliphatic heterocycles. The van der Waals surface area contributed by atoms with Crippen LogP contribution in [0.3, 0.4) is 0 Å². The summed E-state index contributed by atoms with van der Waals surface area (Å²) in [5, 5.41) is 0. The number of ether oxygens (including phenoxy) is 3. The van der Waals surface area contributed by atoms with Gasteiger partial charge >= 0.3 is 12.2 Å². The minimum absolute atomic E-state index is 0.0463. The van der Waals surface area contributed by atoms with E-state index in [0.29, 0.717) is 50.8 Å². The van der Waals surface area contributed by atoms with Crippen molar-refractivity contribution >= 4 is 48.7 Å². The number of carbonyl (C=O) groups excluding carboxylic acids is 3. The first-order valence-electron chi connectivity index (χ1n) is 18.7. The van der Waals surface area contributed by atoms with Gasteiger partial charge < -0.3 is 43.6 Å². The minimum atomic E-state index is -0.231. The predicted molar refractivity (Wildman–Crippen MR) is 198 cm³/mol. The van der Waals surface area contributed by atoms with Crippen LogP contribution in [0.1, 0.15) is 62.5 Å². The summed E-state index contributed by atoms with van der Waals surface area (Å²) in [6, 6.07) is 13.6. The van der Waals surface area contributed by atoms with Gasteiger partial charge in [0, 0.05) is 89.9 Å². The average Bonchev–Trinajstić information content (AvgIpc) is 3.84. The van der Waals surface area contributed by atoms with Crippen LogP contribution < -0.4 is 19.6 Å². The summed E-state index contributed by atoms with van der Waals surface area (Å²) < 4.78 is 15.3. The van der Waals surface area contributed by atoms with Crippen LogP contribution in [-0.2, 0) is 19.0 Å². The number of amides is 3. The normalized spacial score (nSPS) is 26.6. The predicted octanol–water partition coefficient (Wildman–Crippen LogP) is 4.36. The minimum Gasteiger partial charge on any atom is -0.450 e. The average molecular weight is 699 g/mol. The standard InChI is InChI=1S/C17H21N3O3.C17H23N3O2.C4H7BO/c1-3-23-17(22)19-8-7-13-12(9-19)11-5-4-6-14-16(11)20(13)10-15(21)18(14)2;1-3-22-17(21)19-8-7-14-13(11-19)12-5-4-6-15-16(12)20(14)10-9-18(15)2;5-4-2-1-3-6-4/h4-6,12-13H,3,7-10H2,1-2H3;4-6,13-14H,3,7-11H2,1-2H3;4H,1-3H2/t12-,13-;13-,14-;/m00./s1. The highest BCUT2D eigenvalue weighted by atomic mass is 16.6. The zero-order valence-electron chi connectivity index (χ0n) is 30.5. The van der Waals surface area contributed by atoms with Gasteiger partial charge in [0.2, 0.25) is 5.91 Å². The van der Waals surface area contributed by atoms with E-state index in [0.717, 1.165) is 64.2 Å². The SMILES string of the molecule is CCOC(=O)N1CC[C@H]2[C@@H](C1)c1cccc3c1N2CC(=O)N3C.CCOC(=O)N1CC[C@H]2[C@@H](C1)c1cccc3c1N2CCN3C.[B]C1CCCO1. The van der Waals surface area contributed by atoms with E-state index in [2.05, 4.69) is 46.0 Å². The second-order valence-corrected chi connectivity index (χ2v) is 14.4. The Labute approximate surface area is 302 Å². The fraction of sp³-hybridized carbons (Fsp3) is 0.605. The van der Waals surface area contributed by atoms with Gasteiger partial charge in [-0.05, 0) is 62.8 Å². The number of fused-ring (bicyclic) bond motifs is 6. The number of hydrogen-bond acceptors (Lipinski definition) is 9. The third-order valence-electron chi connectivity index (χ3n) is 11.6. The summed E-state index contributed by atoms with van der Waals surface area (Å²) in [5.41, 5.74) is 7.55. The first-order valence-corrected chi connectivity index (χ1v) is 18.7. The molecule has 13 heteroatoms. The molecule has 1 unspecified atom stereocenters. The van der Waals surface area contributed by atoms with Gasteiger partial charge in [0.15, 0.2) is 0 Å². The highest BCUT2D eigenvalue weighted by Gasteiger charge is 2.48. The summed E-state index contributed by atoms with van der Waals surface area (Å²) in [4.78, 5) is 49.0. The van der Waals surface area contributed by atoms with Crippen molar-refractivity contribution in [3.63, 3.8) is 0 Å². The Balaban J connectivity index is 0.000000137. The van der Waals surface area contributed by atoms with Crippen LogP contribution in [0.25, 0.3) is 0 Å². The van der Waals surface area contributed by atoms with Crippen molar-refractivity contribution in [2.45, 2.75) is 69.5 Å². The maximum Gasteiger partial charge on any atom is 0.409 e. The molecule has 0 aliphatic carbocycles. The topological polar surface area (TPSA) is 98.3 Å². The molecule has 5 atom stereocenters. The van der Waals surface area contributed by atoms with Crippen molar-refractivity contribution in [3.8, 4) is 0 Å². The first kappa shape index (κ1) is 35.3. The first-order chi connectivity index (χ1) is 24.7. The number of piperidine rings is 2. The zero-order valence-corrected chi connectivity index (χ0v) is 30.5. The lowest BCUT2D eigenvalue weighted by atomic mass is 9.89. The van der Waals surface area contributed by atoms with E-state index in [1.807, 2.05) is 37.9 Å². The number of anilines is 4. The number of benzene rings is 2. The molecule has 2 aromatic carbocycles. The van der Waals surface area contributed by atoms with Crippen LogP contribution >= 0.6 is 0 Å². The molecule has 3 amide bonds. The van der Waals surface area contributed by atoms with Crippen LogP contribution in [0.15, 0.2) is 36.4 Å². The smallest absolute Gasteiger partial charge is 0.409 e. The van der Waals surface area contributed by atoms with Crippen molar-refractivity contribution in [2.75, 3.05) is 99.3 Å². The van der Waals surface area contributed by atoms with Gasteiger partial charge in [0.1, 0.15) is 7.85 Å². The lowest BCUT2D eigenvalue weighted by Gasteiger charge is -2.41. The molecule has 0 bridgehead atoms. The van der Waals surface area contributed by atoms with E-state index >= 15 is 0 Å². The molecular formula is C38H51BN6O6. The monoisotopic (exact) mass is 698 g/mol. The number of rotatable bonds is 2. The zero-order chi connectivity index (χ0) is 35.8. The number of carbonyl (C=O) groups is 3. The molecule has 272 valence electrons. The largest absolute Gasteiger partial charge is 0.450 e. The maximum absolute atomic E-state index is 12.3. The number of hydrogen-bond donors (Lipinski definition) is 0. The van der Waals surface area contributed by atoms with Gasteiger partial charge in [0.05, 0.1) is 42.5 Å². The molecule has 12 nitrogen and oxygen atoms in total. The van der Waals surface area contributed by atoms with Crippen LogP contribution in [-0.4, -0.2) is 134 Å². The van der Waals surface area contributed by atoms with Gasteiger partial charge in [0.25, 0.3) is 0 Å².